The molecular formula is C22H22N4O2. The van der Waals surface area contributed by atoms with Gasteiger partial charge in [-0.05, 0) is 30.5 Å². The third kappa shape index (κ3) is 3.81. The molecular weight excluding hydrogens is 352 g/mol. The van der Waals surface area contributed by atoms with Crippen LogP contribution in [-0.2, 0) is 12.8 Å². The van der Waals surface area contributed by atoms with Gasteiger partial charge >= 0.3 is 0 Å². The Morgan fingerprint density at radius 3 is 2.54 bits per heavy atom. The van der Waals surface area contributed by atoms with E-state index in [1.54, 1.807) is 0 Å². The van der Waals surface area contributed by atoms with E-state index in [1.165, 1.54) is 0 Å². The summed E-state index contributed by atoms with van der Waals surface area (Å²) in [5, 5.41) is 7.10. The van der Waals surface area contributed by atoms with Crippen molar-refractivity contribution in [3.05, 3.63) is 82.0 Å². The summed E-state index contributed by atoms with van der Waals surface area (Å²) < 4.78 is 6.02. The van der Waals surface area contributed by atoms with E-state index in [2.05, 4.69) is 34.0 Å². The summed E-state index contributed by atoms with van der Waals surface area (Å²) in [5.74, 6) is 2.54. The molecule has 2 heterocycles. The summed E-state index contributed by atoms with van der Waals surface area (Å²) in [6, 6.07) is 17.4. The monoisotopic (exact) mass is 374 g/mol. The minimum atomic E-state index is -0.229. The number of aromatic amines is 2. The Bertz CT molecular complexity index is 1150. The summed E-state index contributed by atoms with van der Waals surface area (Å²) in [7, 11) is 0. The maximum absolute atomic E-state index is 12.5. The molecule has 0 unspecified atom stereocenters. The smallest absolute Gasteiger partial charge is 0.279 e. The maximum Gasteiger partial charge on any atom is 0.279 e. The van der Waals surface area contributed by atoms with Gasteiger partial charge in [0, 0.05) is 12.0 Å². The molecule has 0 radical (unpaired) electrons. The average molecular weight is 374 g/mol. The first-order valence-corrected chi connectivity index (χ1v) is 9.37. The molecule has 4 aromatic rings. The quantitative estimate of drug-likeness (QED) is 0.529. The van der Waals surface area contributed by atoms with Crippen LogP contribution in [0.1, 0.15) is 30.9 Å². The van der Waals surface area contributed by atoms with Crippen molar-refractivity contribution >= 4 is 11.0 Å². The van der Waals surface area contributed by atoms with Gasteiger partial charge in [0.05, 0.1) is 5.69 Å². The van der Waals surface area contributed by atoms with Gasteiger partial charge in [0.15, 0.2) is 5.52 Å². The summed E-state index contributed by atoms with van der Waals surface area (Å²) in [6.45, 7) is 4.25. The van der Waals surface area contributed by atoms with E-state index in [0.717, 1.165) is 29.2 Å². The number of rotatable bonds is 6. The van der Waals surface area contributed by atoms with Crippen LogP contribution in [0.2, 0.25) is 0 Å². The number of fused-ring (bicyclic) bond motifs is 1. The molecule has 0 spiro atoms. The molecule has 0 aliphatic rings. The molecule has 142 valence electrons. The number of para-hydroxylation sites is 2. The van der Waals surface area contributed by atoms with Crippen molar-refractivity contribution in [1.82, 2.24) is 20.2 Å². The number of nitrogens with one attached hydrogen (secondary N) is 2. The molecule has 0 saturated carbocycles. The molecule has 2 aromatic carbocycles. The third-order valence-electron chi connectivity index (χ3n) is 4.45. The number of aromatic nitrogens is 4. The fourth-order valence-electron chi connectivity index (χ4n) is 3.18. The van der Waals surface area contributed by atoms with Crippen molar-refractivity contribution in [3.8, 4) is 11.5 Å². The predicted molar refractivity (Wildman–Crippen MR) is 109 cm³/mol. The number of ether oxygens (including phenoxy) is 1. The van der Waals surface area contributed by atoms with Crippen molar-refractivity contribution in [2.24, 2.45) is 5.92 Å². The van der Waals surface area contributed by atoms with Gasteiger partial charge in [-0.15, -0.1) is 0 Å². The van der Waals surface area contributed by atoms with Crippen LogP contribution < -0.4 is 10.3 Å². The van der Waals surface area contributed by atoms with E-state index in [1.807, 2.05) is 54.6 Å². The lowest BCUT2D eigenvalue weighted by atomic mass is 10.1. The highest BCUT2D eigenvalue weighted by molar-refractivity contribution is 5.75. The molecule has 4 rings (SSSR count). The van der Waals surface area contributed by atoms with E-state index in [4.69, 9.17) is 4.74 Å². The van der Waals surface area contributed by atoms with E-state index in [-0.39, 0.29) is 5.56 Å². The number of hydrogen-bond acceptors (Lipinski definition) is 4. The second kappa shape index (κ2) is 7.68. The van der Waals surface area contributed by atoms with Crippen molar-refractivity contribution in [1.29, 1.82) is 0 Å². The van der Waals surface area contributed by atoms with Crippen molar-refractivity contribution < 1.29 is 4.74 Å². The number of benzene rings is 2. The first kappa shape index (κ1) is 18.0. The van der Waals surface area contributed by atoms with Crippen molar-refractivity contribution in [2.45, 2.75) is 26.7 Å². The second-order valence-electron chi connectivity index (χ2n) is 7.21. The lowest BCUT2D eigenvalue weighted by Crippen LogP contribution is -2.12. The molecule has 0 amide bonds. The van der Waals surface area contributed by atoms with Crippen LogP contribution in [-0.4, -0.2) is 20.2 Å². The second-order valence-corrected chi connectivity index (χ2v) is 7.21. The zero-order valence-corrected chi connectivity index (χ0v) is 15.9. The minimum absolute atomic E-state index is 0.229. The lowest BCUT2D eigenvalue weighted by Gasteiger charge is -2.11. The van der Waals surface area contributed by atoms with Crippen LogP contribution in [0, 0.1) is 5.92 Å². The van der Waals surface area contributed by atoms with Gasteiger partial charge in [0.2, 0.25) is 0 Å². The van der Waals surface area contributed by atoms with E-state index in [9.17, 15) is 4.79 Å². The highest BCUT2D eigenvalue weighted by Gasteiger charge is 2.14. The van der Waals surface area contributed by atoms with Crippen LogP contribution in [0.15, 0.2) is 59.4 Å². The highest BCUT2D eigenvalue weighted by atomic mass is 16.5. The average Bonchev–Trinajstić information content (AvgIpc) is 3.07. The molecule has 6 nitrogen and oxygen atoms in total. The SMILES string of the molecule is CC(C)Cc1[nH]nc2c(=O)[nH]c(Cc3ccccc3Oc3ccccc3)nc12. The standard InChI is InChI=1S/C22H22N4O2/c1-14(2)12-17-20-21(26-25-17)22(27)24-19(23-20)13-15-8-6-7-11-18(15)28-16-9-4-3-5-10-16/h3-11,14H,12-13H2,1-2H3,(H,25,26)(H,23,24,27). The predicted octanol–water partition coefficient (Wildman–Crippen LogP) is 4.23. The van der Waals surface area contributed by atoms with Crippen LogP contribution in [0.4, 0.5) is 0 Å². The summed E-state index contributed by atoms with van der Waals surface area (Å²) in [4.78, 5) is 20.0. The lowest BCUT2D eigenvalue weighted by molar-refractivity contribution is 0.477. The van der Waals surface area contributed by atoms with E-state index >= 15 is 0 Å². The summed E-state index contributed by atoms with van der Waals surface area (Å²) in [6.07, 6.45) is 1.25. The normalized spacial score (nSPS) is 11.2. The third-order valence-corrected chi connectivity index (χ3v) is 4.45. The molecule has 2 N–H and O–H groups in total. The Labute approximate surface area is 162 Å². The highest BCUT2D eigenvalue weighted by Crippen LogP contribution is 2.26. The van der Waals surface area contributed by atoms with Crippen LogP contribution >= 0.6 is 0 Å². The van der Waals surface area contributed by atoms with Crippen molar-refractivity contribution in [3.63, 3.8) is 0 Å². The Morgan fingerprint density at radius 1 is 1.00 bits per heavy atom. The zero-order valence-electron chi connectivity index (χ0n) is 15.9. The fraction of sp³-hybridized carbons (Fsp3) is 0.227. The Hall–Kier alpha value is -3.41. The van der Waals surface area contributed by atoms with Gasteiger partial charge in [0.1, 0.15) is 22.8 Å². The topological polar surface area (TPSA) is 83.7 Å². The Morgan fingerprint density at radius 2 is 1.75 bits per heavy atom. The zero-order chi connectivity index (χ0) is 19.5. The molecule has 2 aromatic heterocycles. The van der Waals surface area contributed by atoms with E-state index < -0.39 is 0 Å². The van der Waals surface area contributed by atoms with Crippen molar-refractivity contribution in [2.75, 3.05) is 0 Å². The first-order valence-electron chi connectivity index (χ1n) is 9.37. The number of hydrogen-bond donors (Lipinski definition) is 2. The summed E-state index contributed by atoms with van der Waals surface area (Å²) in [5.41, 5.74) is 2.61. The summed E-state index contributed by atoms with van der Waals surface area (Å²) >= 11 is 0. The van der Waals surface area contributed by atoms with Gasteiger partial charge in [-0.1, -0.05) is 50.2 Å². The molecule has 6 heteroatoms. The molecule has 0 bridgehead atoms. The van der Waals surface area contributed by atoms with Gasteiger partial charge < -0.3 is 9.72 Å². The molecule has 0 atom stereocenters. The first-order chi connectivity index (χ1) is 13.6. The number of nitrogens with zero attached hydrogens (tertiary/aromatic N) is 2. The van der Waals surface area contributed by atoms with Crippen LogP contribution in [0.5, 0.6) is 11.5 Å². The molecule has 28 heavy (non-hydrogen) atoms. The molecule has 0 aliphatic heterocycles. The fourth-order valence-corrected chi connectivity index (χ4v) is 3.18. The molecule has 0 aliphatic carbocycles. The van der Waals surface area contributed by atoms with Crippen LogP contribution in [0.3, 0.4) is 0 Å². The Kier molecular flexibility index (Phi) is 4.93. The van der Waals surface area contributed by atoms with Crippen LogP contribution in [0.25, 0.3) is 11.0 Å². The maximum atomic E-state index is 12.5. The van der Waals surface area contributed by atoms with E-state index in [0.29, 0.717) is 29.2 Å². The number of H-pyrrole nitrogens is 2. The van der Waals surface area contributed by atoms with Gasteiger partial charge in [-0.25, -0.2) is 4.98 Å². The molecule has 0 saturated heterocycles. The van der Waals surface area contributed by atoms with Gasteiger partial charge in [0.25, 0.3) is 5.56 Å². The molecule has 0 fully saturated rings. The minimum Gasteiger partial charge on any atom is -0.457 e. The largest absolute Gasteiger partial charge is 0.457 e. The van der Waals surface area contributed by atoms with Gasteiger partial charge in [-0.2, -0.15) is 5.10 Å². The van der Waals surface area contributed by atoms with Gasteiger partial charge in [-0.3, -0.25) is 9.89 Å². The Balaban J connectivity index is 1.68.